The summed E-state index contributed by atoms with van der Waals surface area (Å²) in [5.74, 6) is -0.163. The van der Waals surface area contributed by atoms with Crippen LogP contribution in [0.2, 0.25) is 0 Å². The predicted molar refractivity (Wildman–Crippen MR) is 99.6 cm³/mol. The number of nitriles is 1. The number of amides is 1. The molecule has 3 rings (SSSR count). The molecular formula is C21H20N4O. The summed E-state index contributed by atoms with van der Waals surface area (Å²) >= 11 is 0. The topological polar surface area (TPSA) is 70.7 Å². The Morgan fingerprint density at radius 3 is 2.46 bits per heavy atom. The lowest BCUT2D eigenvalue weighted by Gasteiger charge is -2.07. The van der Waals surface area contributed by atoms with Gasteiger partial charge in [0.05, 0.1) is 23.9 Å². The van der Waals surface area contributed by atoms with Gasteiger partial charge in [0.25, 0.3) is 5.91 Å². The Balaban J connectivity index is 1.70. The van der Waals surface area contributed by atoms with E-state index >= 15 is 0 Å². The zero-order valence-electron chi connectivity index (χ0n) is 14.9. The van der Waals surface area contributed by atoms with Crippen LogP contribution in [0.1, 0.15) is 38.4 Å². The molecule has 0 spiro atoms. The van der Waals surface area contributed by atoms with Crippen molar-refractivity contribution in [3.05, 3.63) is 88.2 Å². The van der Waals surface area contributed by atoms with Gasteiger partial charge in [-0.3, -0.25) is 9.48 Å². The molecule has 26 heavy (non-hydrogen) atoms. The lowest BCUT2D eigenvalue weighted by molar-refractivity contribution is 0.0951. The number of hydrogen-bond acceptors (Lipinski definition) is 3. The first-order chi connectivity index (χ1) is 12.6. The van der Waals surface area contributed by atoms with Gasteiger partial charge in [0.2, 0.25) is 0 Å². The largest absolute Gasteiger partial charge is 0.348 e. The third kappa shape index (κ3) is 3.81. The van der Waals surface area contributed by atoms with Gasteiger partial charge in [-0.1, -0.05) is 30.3 Å². The Hall–Kier alpha value is -3.39. The van der Waals surface area contributed by atoms with E-state index in [-0.39, 0.29) is 5.91 Å². The quantitative estimate of drug-likeness (QED) is 0.771. The monoisotopic (exact) mass is 344 g/mol. The minimum absolute atomic E-state index is 0.163. The second kappa shape index (κ2) is 7.66. The highest BCUT2D eigenvalue weighted by Gasteiger charge is 2.13. The number of benzene rings is 2. The molecule has 0 bridgehead atoms. The summed E-state index contributed by atoms with van der Waals surface area (Å²) in [4.78, 5) is 12.3. The number of rotatable bonds is 5. The smallest absolute Gasteiger partial charge is 0.251 e. The maximum Gasteiger partial charge on any atom is 0.251 e. The van der Waals surface area contributed by atoms with E-state index in [2.05, 4.69) is 22.5 Å². The molecule has 0 radical (unpaired) electrons. The van der Waals surface area contributed by atoms with Crippen LogP contribution in [0.15, 0.2) is 54.6 Å². The molecule has 0 aliphatic carbocycles. The molecular weight excluding hydrogens is 324 g/mol. The van der Waals surface area contributed by atoms with E-state index in [1.54, 1.807) is 24.3 Å². The van der Waals surface area contributed by atoms with Crippen molar-refractivity contribution in [2.75, 3.05) is 0 Å². The molecule has 0 atom stereocenters. The minimum Gasteiger partial charge on any atom is -0.348 e. The van der Waals surface area contributed by atoms with Crippen molar-refractivity contribution in [1.82, 2.24) is 15.1 Å². The lowest BCUT2D eigenvalue weighted by atomic mass is 10.1. The van der Waals surface area contributed by atoms with Crippen LogP contribution in [0.4, 0.5) is 0 Å². The molecule has 0 saturated carbocycles. The van der Waals surface area contributed by atoms with Crippen LogP contribution in [0.25, 0.3) is 0 Å². The van der Waals surface area contributed by atoms with Crippen LogP contribution in [0, 0.1) is 25.2 Å². The summed E-state index contributed by atoms with van der Waals surface area (Å²) in [6, 6.07) is 18.8. The molecule has 5 nitrogen and oxygen atoms in total. The molecule has 130 valence electrons. The van der Waals surface area contributed by atoms with Crippen molar-refractivity contribution in [3.8, 4) is 6.07 Å². The fraction of sp³-hybridized carbons (Fsp3) is 0.190. The Morgan fingerprint density at radius 1 is 1.12 bits per heavy atom. The maximum atomic E-state index is 12.3. The zero-order valence-corrected chi connectivity index (χ0v) is 14.9. The van der Waals surface area contributed by atoms with Crippen LogP contribution in [-0.2, 0) is 13.1 Å². The van der Waals surface area contributed by atoms with Crippen LogP contribution in [-0.4, -0.2) is 15.7 Å². The second-order valence-electron chi connectivity index (χ2n) is 6.16. The first-order valence-electron chi connectivity index (χ1n) is 8.43. The van der Waals surface area contributed by atoms with Gasteiger partial charge in [-0.25, -0.2) is 0 Å². The van der Waals surface area contributed by atoms with Crippen molar-refractivity contribution in [1.29, 1.82) is 5.26 Å². The third-order valence-corrected chi connectivity index (χ3v) is 4.41. The standard InChI is InChI=1S/C21H20N4O/c1-15-20(13-23-21(26)19-10-8-17(12-22)9-11-19)16(2)25(24-15)14-18-6-4-3-5-7-18/h3-11H,13-14H2,1-2H3,(H,23,26). The summed E-state index contributed by atoms with van der Waals surface area (Å²) in [5.41, 5.74) is 5.26. The minimum atomic E-state index is -0.163. The number of carbonyl (C=O) groups is 1. The lowest BCUT2D eigenvalue weighted by Crippen LogP contribution is -2.23. The number of nitrogens with one attached hydrogen (secondary N) is 1. The van der Waals surface area contributed by atoms with Gasteiger partial charge in [0.15, 0.2) is 0 Å². The number of aryl methyl sites for hydroxylation is 1. The highest BCUT2D eigenvalue weighted by molar-refractivity contribution is 5.94. The van der Waals surface area contributed by atoms with E-state index in [1.165, 1.54) is 5.56 Å². The van der Waals surface area contributed by atoms with Crippen LogP contribution >= 0.6 is 0 Å². The van der Waals surface area contributed by atoms with Crippen molar-refractivity contribution < 1.29 is 4.79 Å². The average Bonchev–Trinajstić information content (AvgIpc) is 2.93. The van der Waals surface area contributed by atoms with Crippen molar-refractivity contribution in [3.63, 3.8) is 0 Å². The summed E-state index contributed by atoms with van der Waals surface area (Å²) < 4.78 is 1.97. The van der Waals surface area contributed by atoms with Gasteiger partial charge in [-0.05, 0) is 43.7 Å². The van der Waals surface area contributed by atoms with E-state index in [0.717, 1.165) is 17.0 Å². The van der Waals surface area contributed by atoms with Gasteiger partial charge in [0.1, 0.15) is 0 Å². The van der Waals surface area contributed by atoms with E-state index < -0.39 is 0 Å². The first kappa shape index (κ1) is 17.4. The van der Waals surface area contributed by atoms with Gasteiger partial charge in [-0.2, -0.15) is 10.4 Å². The molecule has 0 aliphatic rings. The molecule has 1 aromatic heterocycles. The summed E-state index contributed by atoms with van der Waals surface area (Å²) in [6.45, 7) is 5.10. The molecule has 1 heterocycles. The molecule has 5 heteroatoms. The van der Waals surface area contributed by atoms with Crippen LogP contribution < -0.4 is 5.32 Å². The Bertz CT molecular complexity index is 950. The van der Waals surface area contributed by atoms with Crippen LogP contribution in [0.5, 0.6) is 0 Å². The van der Waals surface area contributed by atoms with E-state index in [9.17, 15) is 4.79 Å². The molecule has 1 N–H and O–H groups in total. The zero-order chi connectivity index (χ0) is 18.5. The van der Waals surface area contributed by atoms with Gasteiger partial charge >= 0.3 is 0 Å². The molecule has 0 saturated heterocycles. The SMILES string of the molecule is Cc1nn(Cc2ccccc2)c(C)c1CNC(=O)c1ccc(C#N)cc1. The van der Waals surface area contributed by atoms with E-state index in [0.29, 0.717) is 24.2 Å². The third-order valence-electron chi connectivity index (χ3n) is 4.41. The fourth-order valence-electron chi connectivity index (χ4n) is 2.87. The Labute approximate surface area is 152 Å². The summed E-state index contributed by atoms with van der Waals surface area (Å²) in [7, 11) is 0. The highest BCUT2D eigenvalue weighted by atomic mass is 16.1. The average molecular weight is 344 g/mol. The highest BCUT2D eigenvalue weighted by Crippen LogP contribution is 2.15. The second-order valence-corrected chi connectivity index (χ2v) is 6.16. The summed E-state index contributed by atoms with van der Waals surface area (Å²) in [5, 5.41) is 16.4. The van der Waals surface area contributed by atoms with Crippen molar-refractivity contribution in [2.45, 2.75) is 26.9 Å². The maximum absolute atomic E-state index is 12.3. The van der Waals surface area contributed by atoms with Crippen LogP contribution in [0.3, 0.4) is 0 Å². The fourth-order valence-corrected chi connectivity index (χ4v) is 2.87. The predicted octanol–water partition coefficient (Wildman–Crippen LogP) is 3.35. The first-order valence-corrected chi connectivity index (χ1v) is 8.43. The van der Waals surface area contributed by atoms with E-state index in [1.807, 2.05) is 42.8 Å². The van der Waals surface area contributed by atoms with Crippen molar-refractivity contribution >= 4 is 5.91 Å². The number of carbonyl (C=O) groups excluding carboxylic acids is 1. The van der Waals surface area contributed by atoms with E-state index in [4.69, 9.17) is 5.26 Å². The van der Waals surface area contributed by atoms with Gasteiger partial charge in [-0.15, -0.1) is 0 Å². The molecule has 0 fully saturated rings. The number of hydrogen-bond donors (Lipinski definition) is 1. The normalized spacial score (nSPS) is 10.3. The Kier molecular flexibility index (Phi) is 5.14. The molecule has 0 aliphatic heterocycles. The summed E-state index contributed by atoms with van der Waals surface area (Å²) in [6.07, 6.45) is 0. The number of nitrogens with zero attached hydrogens (tertiary/aromatic N) is 3. The Morgan fingerprint density at radius 2 is 1.81 bits per heavy atom. The molecule has 1 amide bonds. The molecule has 3 aromatic rings. The van der Waals surface area contributed by atoms with Gasteiger partial charge in [0, 0.05) is 23.4 Å². The molecule has 0 unspecified atom stereocenters. The molecule has 2 aromatic carbocycles. The van der Waals surface area contributed by atoms with Crippen molar-refractivity contribution in [2.24, 2.45) is 0 Å². The van der Waals surface area contributed by atoms with Gasteiger partial charge < -0.3 is 5.32 Å². The number of aromatic nitrogens is 2.